The highest BCUT2D eigenvalue weighted by Gasteiger charge is 2.30. The molecule has 0 aliphatic rings. The van der Waals surface area contributed by atoms with E-state index in [1.54, 1.807) is 32.3 Å². The SMILES string of the molecule is CCC(N)(CC)C(=O)Nc1cc(Cl)ccc1C(=O)N(C)C. The van der Waals surface area contributed by atoms with Crippen molar-refractivity contribution in [1.82, 2.24) is 4.90 Å². The maximum atomic E-state index is 12.3. The van der Waals surface area contributed by atoms with Gasteiger partial charge in [0, 0.05) is 19.1 Å². The Kier molecular flexibility index (Phi) is 5.75. The van der Waals surface area contributed by atoms with E-state index in [1.165, 1.54) is 4.90 Å². The molecule has 0 unspecified atom stereocenters. The Hall–Kier alpha value is -1.59. The molecule has 21 heavy (non-hydrogen) atoms. The number of nitrogens with two attached hydrogens (primary N) is 1. The van der Waals surface area contributed by atoms with Crippen molar-refractivity contribution >= 4 is 29.1 Å². The first-order valence-corrected chi connectivity index (χ1v) is 7.24. The van der Waals surface area contributed by atoms with Crippen molar-refractivity contribution in [2.24, 2.45) is 5.73 Å². The number of hydrogen-bond donors (Lipinski definition) is 2. The molecule has 116 valence electrons. The molecule has 1 rings (SSSR count). The Bertz CT molecular complexity index is 540. The average Bonchev–Trinajstić information content (AvgIpc) is 2.45. The summed E-state index contributed by atoms with van der Waals surface area (Å²) in [5, 5.41) is 3.17. The van der Waals surface area contributed by atoms with Gasteiger partial charge in [0.1, 0.15) is 0 Å². The van der Waals surface area contributed by atoms with E-state index in [-0.39, 0.29) is 11.8 Å². The second-order valence-corrected chi connectivity index (χ2v) is 5.64. The largest absolute Gasteiger partial charge is 0.345 e. The minimum absolute atomic E-state index is 0.211. The molecule has 0 fully saturated rings. The number of rotatable bonds is 5. The fourth-order valence-corrected chi connectivity index (χ4v) is 2.04. The molecule has 6 heteroatoms. The van der Waals surface area contributed by atoms with Crippen LogP contribution in [0.25, 0.3) is 0 Å². The number of benzene rings is 1. The zero-order chi connectivity index (χ0) is 16.2. The smallest absolute Gasteiger partial charge is 0.255 e. The summed E-state index contributed by atoms with van der Waals surface area (Å²) >= 11 is 5.96. The molecule has 0 aliphatic carbocycles. The number of anilines is 1. The van der Waals surface area contributed by atoms with E-state index in [1.807, 2.05) is 13.8 Å². The maximum absolute atomic E-state index is 12.3. The summed E-state index contributed by atoms with van der Waals surface area (Å²) < 4.78 is 0. The van der Waals surface area contributed by atoms with E-state index < -0.39 is 5.54 Å². The molecule has 1 aromatic carbocycles. The first kappa shape index (κ1) is 17.5. The fourth-order valence-electron chi connectivity index (χ4n) is 1.87. The van der Waals surface area contributed by atoms with Gasteiger partial charge in [-0.15, -0.1) is 0 Å². The van der Waals surface area contributed by atoms with Crippen molar-refractivity contribution in [2.45, 2.75) is 32.2 Å². The van der Waals surface area contributed by atoms with E-state index in [0.29, 0.717) is 29.1 Å². The normalized spacial score (nSPS) is 11.1. The quantitative estimate of drug-likeness (QED) is 0.877. The molecule has 0 radical (unpaired) electrons. The zero-order valence-corrected chi connectivity index (χ0v) is 13.6. The summed E-state index contributed by atoms with van der Waals surface area (Å²) in [5.41, 5.74) is 5.87. The van der Waals surface area contributed by atoms with Crippen molar-refractivity contribution in [2.75, 3.05) is 19.4 Å². The van der Waals surface area contributed by atoms with Gasteiger partial charge >= 0.3 is 0 Å². The lowest BCUT2D eigenvalue weighted by atomic mass is 9.93. The van der Waals surface area contributed by atoms with Gasteiger partial charge in [0.15, 0.2) is 0 Å². The predicted octanol–water partition coefficient (Wildman–Crippen LogP) is 2.50. The van der Waals surface area contributed by atoms with Crippen molar-refractivity contribution in [3.05, 3.63) is 28.8 Å². The van der Waals surface area contributed by atoms with Crippen LogP contribution in [0.15, 0.2) is 18.2 Å². The molecule has 0 saturated carbocycles. The van der Waals surface area contributed by atoms with Crippen LogP contribution in [0.5, 0.6) is 0 Å². The van der Waals surface area contributed by atoms with Crippen LogP contribution in [0.1, 0.15) is 37.0 Å². The van der Waals surface area contributed by atoms with Crippen molar-refractivity contribution in [1.29, 1.82) is 0 Å². The van der Waals surface area contributed by atoms with Crippen molar-refractivity contribution < 1.29 is 9.59 Å². The van der Waals surface area contributed by atoms with E-state index in [0.717, 1.165) is 0 Å². The highest BCUT2D eigenvalue weighted by Crippen LogP contribution is 2.24. The molecule has 0 aromatic heterocycles. The van der Waals surface area contributed by atoms with Crippen LogP contribution in [-0.4, -0.2) is 36.3 Å². The summed E-state index contributed by atoms with van der Waals surface area (Å²) in [4.78, 5) is 25.9. The first-order valence-electron chi connectivity index (χ1n) is 6.86. The van der Waals surface area contributed by atoms with Crippen LogP contribution in [0, 0.1) is 0 Å². The number of carbonyl (C=O) groups is 2. The van der Waals surface area contributed by atoms with Crippen LogP contribution in [0.4, 0.5) is 5.69 Å². The van der Waals surface area contributed by atoms with Crippen LogP contribution in [-0.2, 0) is 4.79 Å². The molecule has 0 aliphatic heterocycles. The number of amides is 2. The summed E-state index contributed by atoms with van der Waals surface area (Å²) in [6.45, 7) is 3.71. The van der Waals surface area contributed by atoms with Crippen molar-refractivity contribution in [3.8, 4) is 0 Å². The Labute approximate surface area is 130 Å². The summed E-state index contributed by atoms with van der Waals surface area (Å²) in [6.07, 6.45) is 1.01. The fraction of sp³-hybridized carbons (Fsp3) is 0.467. The molecule has 0 saturated heterocycles. The monoisotopic (exact) mass is 311 g/mol. The summed E-state index contributed by atoms with van der Waals surface area (Å²) in [7, 11) is 3.29. The number of nitrogens with one attached hydrogen (secondary N) is 1. The van der Waals surface area contributed by atoms with Crippen LogP contribution in [0.3, 0.4) is 0 Å². The number of carbonyl (C=O) groups excluding carboxylic acids is 2. The lowest BCUT2D eigenvalue weighted by molar-refractivity contribution is -0.121. The molecular weight excluding hydrogens is 290 g/mol. The molecule has 2 amide bonds. The zero-order valence-electron chi connectivity index (χ0n) is 12.9. The molecule has 0 spiro atoms. The molecule has 5 nitrogen and oxygen atoms in total. The molecule has 0 heterocycles. The van der Waals surface area contributed by atoms with Crippen molar-refractivity contribution in [3.63, 3.8) is 0 Å². The number of hydrogen-bond acceptors (Lipinski definition) is 3. The highest BCUT2D eigenvalue weighted by atomic mass is 35.5. The topological polar surface area (TPSA) is 75.4 Å². The Morgan fingerprint density at radius 1 is 1.29 bits per heavy atom. The second kappa shape index (κ2) is 6.91. The molecule has 1 aromatic rings. The second-order valence-electron chi connectivity index (χ2n) is 5.21. The molecule has 0 bridgehead atoms. The Balaban J connectivity index is 3.16. The van der Waals surface area contributed by atoms with Gasteiger partial charge in [-0.25, -0.2) is 0 Å². The summed E-state index contributed by atoms with van der Waals surface area (Å²) in [6, 6.07) is 4.77. The van der Waals surface area contributed by atoms with Gasteiger partial charge in [-0.2, -0.15) is 0 Å². The average molecular weight is 312 g/mol. The lowest BCUT2D eigenvalue weighted by Crippen LogP contribution is -2.50. The number of nitrogens with zero attached hydrogens (tertiary/aromatic N) is 1. The summed E-state index contributed by atoms with van der Waals surface area (Å²) in [5.74, 6) is -0.528. The van der Waals surface area contributed by atoms with Gasteiger partial charge in [0.25, 0.3) is 5.91 Å². The minimum Gasteiger partial charge on any atom is -0.345 e. The van der Waals surface area contributed by atoms with E-state index in [9.17, 15) is 9.59 Å². The van der Waals surface area contributed by atoms with Gasteiger partial charge in [0.2, 0.25) is 5.91 Å². The first-order chi connectivity index (χ1) is 9.75. The lowest BCUT2D eigenvalue weighted by Gasteiger charge is -2.26. The van der Waals surface area contributed by atoms with Gasteiger partial charge in [-0.1, -0.05) is 25.4 Å². The molecule has 3 N–H and O–H groups in total. The van der Waals surface area contributed by atoms with Gasteiger partial charge in [-0.05, 0) is 31.0 Å². The molecule has 0 atom stereocenters. The third kappa shape index (κ3) is 3.95. The third-order valence-corrected chi connectivity index (χ3v) is 3.82. The highest BCUT2D eigenvalue weighted by molar-refractivity contribution is 6.31. The minimum atomic E-state index is -0.958. The van der Waals surface area contributed by atoms with Gasteiger partial charge in [0.05, 0.1) is 16.8 Å². The maximum Gasteiger partial charge on any atom is 0.255 e. The Morgan fingerprint density at radius 2 is 1.86 bits per heavy atom. The standard InChI is InChI=1S/C15H22ClN3O2/c1-5-15(17,6-2)14(21)18-12-9-10(16)7-8-11(12)13(20)19(3)4/h7-9H,5-6,17H2,1-4H3,(H,18,21). The van der Waals surface area contributed by atoms with Crippen LogP contribution in [0.2, 0.25) is 5.02 Å². The predicted molar refractivity (Wildman–Crippen MR) is 85.6 cm³/mol. The van der Waals surface area contributed by atoms with Crippen LogP contribution < -0.4 is 11.1 Å². The Morgan fingerprint density at radius 3 is 2.33 bits per heavy atom. The molecular formula is C15H22ClN3O2. The van der Waals surface area contributed by atoms with Gasteiger partial charge in [-0.3, -0.25) is 9.59 Å². The van der Waals surface area contributed by atoms with E-state index in [2.05, 4.69) is 5.32 Å². The van der Waals surface area contributed by atoms with Crippen LogP contribution >= 0.6 is 11.6 Å². The third-order valence-electron chi connectivity index (χ3n) is 3.58. The van der Waals surface area contributed by atoms with Gasteiger partial charge < -0.3 is 16.0 Å². The number of halogens is 1. The van der Waals surface area contributed by atoms with E-state index in [4.69, 9.17) is 17.3 Å². The van der Waals surface area contributed by atoms with E-state index >= 15 is 0 Å².